The number of benzene rings is 1. The predicted molar refractivity (Wildman–Crippen MR) is 81.3 cm³/mol. The molecule has 1 amide bonds. The number of amides is 1. The topological polar surface area (TPSA) is 32.3 Å². The van der Waals surface area contributed by atoms with Gasteiger partial charge in [-0.05, 0) is 44.5 Å². The van der Waals surface area contributed by atoms with Crippen LogP contribution in [0.15, 0.2) is 18.2 Å². The number of hydrogen-bond acceptors (Lipinski definition) is 2. The van der Waals surface area contributed by atoms with E-state index in [0.717, 1.165) is 38.1 Å². The monoisotopic (exact) mass is 354 g/mol. The van der Waals surface area contributed by atoms with Crippen LogP contribution in [0.3, 0.4) is 0 Å². The summed E-state index contributed by atoms with van der Waals surface area (Å²) in [5.74, 6) is -2.21. The lowest BCUT2D eigenvalue weighted by atomic mass is 10.0. The maximum Gasteiger partial charge on any atom is 0.419 e. The molecular weight excluding hydrogens is 336 g/mol. The van der Waals surface area contributed by atoms with Crippen LogP contribution in [0.25, 0.3) is 0 Å². The van der Waals surface area contributed by atoms with E-state index in [1.54, 1.807) is 0 Å². The van der Waals surface area contributed by atoms with Gasteiger partial charge in [0, 0.05) is 13.1 Å². The third-order valence-electron chi connectivity index (χ3n) is 3.95. The zero-order valence-electron chi connectivity index (χ0n) is 12.6. The highest BCUT2D eigenvalue weighted by molar-refractivity contribution is 5.94. The quantitative estimate of drug-likeness (QED) is 0.825. The first kappa shape index (κ1) is 19.7. The molecule has 8 heteroatoms. The van der Waals surface area contributed by atoms with E-state index in [1.165, 1.54) is 11.9 Å². The maximum absolute atomic E-state index is 14.0. The highest BCUT2D eigenvalue weighted by atomic mass is 35.5. The summed E-state index contributed by atoms with van der Waals surface area (Å²) in [6, 6.07) is 2.69. The Hall–Kier alpha value is -1.34. The van der Waals surface area contributed by atoms with Crippen LogP contribution in [-0.4, -0.2) is 37.0 Å². The van der Waals surface area contributed by atoms with Gasteiger partial charge in [0.15, 0.2) is 0 Å². The molecule has 3 nitrogen and oxygen atoms in total. The average molecular weight is 355 g/mol. The molecule has 2 rings (SSSR count). The van der Waals surface area contributed by atoms with Crippen LogP contribution in [-0.2, 0) is 6.18 Å². The van der Waals surface area contributed by atoms with Gasteiger partial charge in [-0.15, -0.1) is 12.4 Å². The van der Waals surface area contributed by atoms with E-state index in [-0.39, 0.29) is 18.4 Å². The van der Waals surface area contributed by atoms with Crippen LogP contribution in [0.5, 0.6) is 0 Å². The molecule has 1 fully saturated rings. The molecule has 0 saturated carbocycles. The highest BCUT2D eigenvalue weighted by Gasteiger charge is 2.36. The Morgan fingerprint density at radius 1 is 1.26 bits per heavy atom. The first-order valence-electron chi connectivity index (χ1n) is 7.16. The van der Waals surface area contributed by atoms with E-state index in [9.17, 15) is 22.4 Å². The fraction of sp³-hybridized carbons (Fsp3) is 0.533. The summed E-state index contributed by atoms with van der Waals surface area (Å²) in [6.45, 7) is 1.57. The van der Waals surface area contributed by atoms with E-state index >= 15 is 0 Å². The van der Waals surface area contributed by atoms with Crippen molar-refractivity contribution in [1.82, 2.24) is 10.2 Å². The minimum atomic E-state index is -4.81. The zero-order valence-corrected chi connectivity index (χ0v) is 13.4. The molecule has 1 N–H and O–H groups in total. The molecule has 130 valence electrons. The molecule has 0 radical (unpaired) electrons. The lowest BCUT2D eigenvalue weighted by Gasteiger charge is -2.27. The molecule has 1 atom stereocenters. The number of hydrogen-bond donors (Lipinski definition) is 1. The van der Waals surface area contributed by atoms with Gasteiger partial charge in [0.1, 0.15) is 5.82 Å². The molecule has 1 aliphatic rings. The van der Waals surface area contributed by atoms with Crippen molar-refractivity contribution in [2.45, 2.75) is 31.5 Å². The van der Waals surface area contributed by atoms with Gasteiger partial charge in [-0.25, -0.2) is 4.39 Å². The molecule has 1 aliphatic heterocycles. The Kier molecular flexibility index (Phi) is 6.83. The van der Waals surface area contributed by atoms with Gasteiger partial charge in [0.25, 0.3) is 5.91 Å². The number of carbonyl (C=O) groups excluding carboxylic acids is 1. The highest BCUT2D eigenvalue weighted by Crippen LogP contribution is 2.32. The van der Waals surface area contributed by atoms with Crippen molar-refractivity contribution in [3.63, 3.8) is 0 Å². The SMILES string of the molecule is CN(C(=O)c1cccc(C(F)(F)F)c1F)C1CCCNCC1.Cl. The number of alkyl halides is 3. The molecule has 0 aromatic heterocycles. The second-order valence-electron chi connectivity index (χ2n) is 5.42. The molecule has 0 spiro atoms. The Morgan fingerprint density at radius 2 is 1.96 bits per heavy atom. The van der Waals surface area contributed by atoms with Gasteiger partial charge in [0.05, 0.1) is 11.1 Å². The Bertz CT molecular complexity index is 543. The lowest BCUT2D eigenvalue weighted by Crippen LogP contribution is -2.38. The van der Waals surface area contributed by atoms with Crippen LogP contribution < -0.4 is 5.32 Å². The molecule has 1 aromatic carbocycles. The summed E-state index contributed by atoms with van der Waals surface area (Å²) in [5.41, 5.74) is -1.94. The van der Waals surface area contributed by atoms with E-state index in [2.05, 4.69) is 5.32 Å². The van der Waals surface area contributed by atoms with Gasteiger partial charge in [-0.2, -0.15) is 13.2 Å². The first-order chi connectivity index (χ1) is 10.3. The summed E-state index contributed by atoms with van der Waals surface area (Å²) in [7, 11) is 1.51. The summed E-state index contributed by atoms with van der Waals surface area (Å²) in [4.78, 5) is 13.7. The Morgan fingerprint density at radius 3 is 2.61 bits per heavy atom. The molecule has 0 bridgehead atoms. The lowest BCUT2D eigenvalue weighted by molar-refractivity contribution is -0.140. The minimum Gasteiger partial charge on any atom is -0.339 e. The van der Waals surface area contributed by atoms with Gasteiger partial charge in [-0.1, -0.05) is 6.07 Å². The van der Waals surface area contributed by atoms with Gasteiger partial charge in [-0.3, -0.25) is 4.79 Å². The molecule has 23 heavy (non-hydrogen) atoms. The van der Waals surface area contributed by atoms with Crippen molar-refractivity contribution in [2.24, 2.45) is 0 Å². The Labute approximate surface area is 138 Å². The smallest absolute Gasteiger partial charge is 0.339 e. The summed E-state index contributed by atoms with van der Waals surface area (Å²) >= 11 is 0. The van der Waals surface area contributed by atoms with E-state index in [1.807, 2.05) is 0 Å². The average Bonchev–Trinajstić information content (AvgIpc) is 2.73. The second kappa shape index (κ2) is 7.97. The third-order valence-corrected chi connectivity index (χ3v) is 3.95. The van der Waals surface area contributed by atoms with Crippen molar-refractivity contribution < 1.29 is 22.4 Å². The number of rotatable bonds is 2. The zero-order chi connectivity index (χ0) is 16.3. The number of nitrogens with zero attached hydrogens (tertiary/aromatic N) is 1. The largest absolute Gasteiger partial charge is 0.419 e. The number of carbonyl (C=O) groups is 1. The first-order valence-corrected chi connectivity index (χ1v) is 7.16. The third kappa shape index (κ3) is 4.57. The van der Waals surface area contributed by atoms with Crippen LogP contribution in [0.1, 0.15) is 35.2 Å². The normalized spacial score (nSPS) is 18.7. The predicted octanol–water partition coefficient (Wildman–Crippen LogP) is 3.48. The standard InChI is InChI=1S/C15H18F4N2O.ClH/c1-21(10-4-3-8-20-9-7-10)14(22)11-5-2-6-12(13(11)16)15(17,18)19;/h2,5-6,10,20H,3-4,7-9H2,1H3;1H. The molecule has 1 saturated heterocycles. The van der Waals surface area contributed by atoms with Gasteiger partial charge in [0.2, 0.25) is 0 Å². The second-order valence-corrected chi connectivity index (χ2v) is 5.42. The van der Waals surface area contributed by atoms with Crippen LogP contribution in [0, 0.1) is 5.82 Å². The van der Waals surface area contributed by atoms with Crippen LogP contribution >= 0.6 is 12.4 Å². The summed E-state index contributed by atoms with van der Waals surface area (Å²) in [6.07, 6.45) is -2.50. The molecule has 1 heterocycles. The Balaban J connectivity index is 0.00000264. The maximum atomic E-state index is 14.0. The molecule has 1 unspecified atom stereocenters. The van der Waals surface area contributed by atoms with Gasteiger partial charge >= 0.3 is 6.18 Å². The van der Waals surface area contributed by atoms with Crippen molar-refractivity contribution in [2.75, 3.05) is 20.1 Å². The van der Waals surface area contributed by atoms with Crippen LogP contribution in [0.2, 0.25) is 0 Å². The van der Waals surface area contributed by atoms with E-state index in [4.69, 9.17) is 0 Å². The fourth-order valence-electron chi connectivity index (χ4n) is 2.66. The van der Waals surface area contributed by atoms with Crippen molar-refractivity contribution in [3.8, 4) is 0 Å². The van der Waals surface area contributed by atoms with E-state index in [0.29, 0.717) is 12.5 Å². The summed E-state index contributed by atoms with van der Waals surface area (Å²) < 4.78 is 52.2. The van der Waals surface area contributed by atoms with E-state index < -0.39 is 29.0 Å². The molecule has 1 aromatic rings. The van der Waals surface area contributed by atoms with Crippen molar-refractivity contribution in [3.05, 3.63) is 35.1 Å². The molecular formula is C15H19ClF4N2O. The van der Waals surface area contributed by atoms with Crippen LogP contribution in [0.4, 0.5) is 17.6 Å². The number of halogens is 5. The number of nitrogens with one attached hydrogen (secondary N) is 1. The van der Waals surface area contributed by atoms with Gasteiger partial charge < -0.3 is 10.2 Å². The van der Waals surface area contributed by atoms with Crippen molar-refractivity contribution >= 4 is 18.3 Å². The molecule has 0 aliphatic carbocycles. The minimum absolute atomic E-state index is 0. The fourth-order valence-corrected chi connectivity index (χ4v) is 2.66. The van der Waals surface area contributed by atoms with Crippen molar-refractivity contribution in [1.29, 1.82) is 0 Å². The summed E-state index contributed by atoms with van der Waals surface area (Å²) in [5, 5.41) is 3.19.